The van der Waals surface area contributed by atoms with Crippen molar-refractivity contribution in [2.75, 3.05) is 19.7 Å². The normalized spacial score (nSPS) is 13.3. The lowest BCUT2D eigenvalue weighted by Crippen LogP contribution is -2.44. The molecule has 136 valence electrons. The highest BCUT2D eigenvalue weighted by molar-refractivity contribution is 5.73. The van der Waals surface area contributed by atoms with Crippen molar-refractivity contribution >= 4 is 6.03 Å². The molecular formula is C19H26N2O4. The van der Waals surface area contributed by atoms with Crippen molar-refractivity contribution in [1.29, 1.82) is 0 Å². The molecule has 0 radical (unpaired) electrons. The second kappa shape index (κ2) is 8.69. The molecule has 1 aromatic heterocycles. The lowest BCUT2D eigenvalue weighted by atomic mass is 9.96. The fraction of sp³-hybridized carbons (Fsp3) is 0.421. The van der Waals surface area contributed by atoms with Crippen LogP contribution in [0.1, 0.15) is 29.6 Å². The first-order chi connectivity index (χ1) is 11.9. The van der Waals surface area contributed by atoms with E-state index < -0.39 is 5.60 Å². The third-order valence-electron chi connectivity index (χ3n) is 3.86. The van der Waals surface area contributed by atoms with Crippen LogP contribution in [0.15, 0.2) is 40.8 Å². The van der Waals surface area contributed by atoms with E-state index in [1.165, 1.54) is 0 Å². The van der Waals surface area contributed by atoms with E-state index in [0.717, 1.165) is 11.3 Å². The largest absolute Gasteiger partial charge is 0.466 e. The fourth-order valence-corrected chi connectivity index (χ4v) is 2.58. The molecule has 3 N–H and O–H groups in total. The number of amides is 2. The highest BCUT2D eigenvalue weighted by Crippen LogP contribution is 2.26. The van der Waals surface area contributed by atoms with Gasteiger partial charge in [-0.25, -0.2) is 4.79 Å². The van der Waals surface area contributed by atoms with Crippen LogP contribution in [0.4, 0.5) is 4.79 Å². The number of aryl methyl sites for hydroxylation is 2. The van der Waals surface area contributed by atoms with Gasteiger partial charge in [-0.05, 0) is 32.4 Å². The highest BCUT2D eigenvalue weighted by atomic mass is 16.5. The number of rotatable bonds is 8. The molecule has 1 atom stereocenters. The lowest BCUT2D eigenvalue weighted by Gasteiger charge is -2.23. The summed E-state index contributed by atoms with van der Waals surface area (Å²) in [5.41, 5.74) is 0.577. The average molecular weight is 346 g/mol. The Hall–Kier alpha value is -2.31. The molecular weight excluding hydrogens is 320 g/mol. The number of hydrogen-bond acceptors (Lipinski definition) is 4. The van der Waals surface area contributed by atoms with Gasteiger partial charge in [0, 0.05) is 12.1 Å². The standard InChI is InChI=1S/C19H26N2O4/c1-14-11-17(15(2)25-14)19(3,23)13-21-18(22)20-9-10-24-12-16-7-5-4-6-8-16/h4-8,11,23H,9-10,12-13H2,1-3H3,(H2,20,21,22). The maximum atomic E-state index is 11.8. The van der Waals surface area contributed by atoms with E-state index >= 15 is 0 Å². The molecule has 0 bridgehead atoms. The zero-order valence-corrected chi connectivity index (χ0v) is 15.0. The summed E-state index contributed by atoms with van der Waals surface area (Å²) in [7, 11) is 0. The summed E-state index contributed by atoms with van der Waals surface area (Å²) in [4.78, 5) is 11.8. The van der Waals surface area contributed by atoms with Gasteiger partial charge in [0.25, 0.3) is 0 Å². The molecule has 1 unspecified atom stereocenters. The number of nitrogens with one attached hydrogen (secondary N) is 2. The maximum Gasteiger partial charge on any atom is 0.314 e. The predicted molar refractivity (Wildman–Crippen MR) is 95.3 cm³/mol. The first-order valence-corrected chi connectivity index (χ1v) is 8.32. The van der Waals surface area contributed by atoms with Gasteiger partial charge in [0.1, 0.15) is 17.1 Å². The highest BCUT2D eigenvalue weighted by Gasteiger charge is 2.28. The first kappa shape index (κ1) is 19.0. The minimum absolute atomic E-state index is 0.0868. The third kappa shape index (κ3) is 5.92. The molecule has 6 nitrogen and oxygen atoms in total. The van der Waals surface area contributed by atoms with Gasteiger partial charge in [-0.1, -0.05) is 30.3 Å². The van der Waals surface area contributed by atoms with Crippen LogP contribution in [-0.2, 0) is 16.9 Å². The molecule has 25 heavy (non-hydrogen) atoms. The zero-order valence-electron chi connectivity index (χ0n) is 15.0. The summed E-state index contributed by atoms with van der Waals surface area (Å²) < 4.78 is 10.9. The van der Waals surface area contributed by atoms with Gasteiger partial charge >= 0.3 is 6.03 Å². The predicted octanol–water partition coefficient (Wildman–Crippen LogP) is 2.62. The Morgan fingerprint density at radius 3 is 2.60 bits per heavy atom. The number of furan rings is 1. The van der Waals surface area contributed by atoms with E-state index in [4.69, 9.17) is 9.15 Å². The van der Waals surface area contributed by atoms with Gasteiger partial charge in [-0.15, -0.1) is 0 Å². The number of benzene rings is 1. The smallest absolute Gasteiger partial charge is 0.314 e. The number of ether oxygens (including phenoxy) is 1. The Labute approximate surface area is 148 Å². The van der Waals surface area contributed by atoms with Crippen LogP contribution >= 0.6 is 0 Å². The van der Waals surface area contributed by atoms with Gasteiger partial charge in [-0.3, -0.25) is 0 Å². The Bertz CT molecular complexity index is 680. The molecule has 0 saturated heterocycles. The second-order valence-electron chi connectivity index (χ2n) is 6.25. The van der Waals surface area contributed by atoms with Crippen LogP contribution in [0.3, 0.4) is 0 Å². The van der Waals surface area contributed by atoms with Gasteiger partial charge in [-0.2, -0.15) is 0 Å². The minimum Gasteiger partial charge on any atom is -0.466 e. The summed E-state index contributed by atoms with van der Waals surface area (Å²) in [6, 6.07) is 11.3. The first-order valence-electron chi connectivity index (χ1n) is 8.32. The molecule has 1 aromatic carbocycles. The average Bonchev–Trinajstić information content (AvgIpc) is 2.93. The van der Waals surface area contributed by atoms with Crippen molar-refractivity contribution in [3.63, 3.8) is 0 Å². The third-order valence-corrected chi connectivity index (χ3v) is 3.86. The Morgan fingerprint density at radius 2 is 1.96 bits per heavy atom. The second-order valence-corrected chi connectivity index (χ2v) is 6.25. The molecule has 1 heterocycles. The maximum absolute atomic E-state index is 11.8. The summed E-state index contributed by atoms with van der Waals surface area (Å²) in [5.74, 6) is 1.38. The van der Waals surface area contributed by atoms with Gasteiger partial charge in [0.05, 0.1) is 19.8 Å². The summed E-state index contributed by atoms with van der Waals surface area (Å²) in [6.07, 6.45) is 0. The van der Waals surface area contributed by atoms with E-state index in [9.17, 15) is 9.90 Å². The van der Waals surface area contributed by atoms with E-state index in [-0.39, 0.29) is 12.6 Å². The molecule has 0 saturated carbocycles. The number of carbonyl (C=O) groups excluding carboxylic acids is 1. The zero-order chi connectivity index (χ0) is 18.3. The topological polar surface area (TPSA) is 83.7 Å². The van der Waals surface area contributed by atoms with Crippen LogP contribution in [-0.4, -0.2) is 30.8 Å². The Morgan fingerprint density at radius 1 is 1.24 bits per heavy atom. The van der Waals surface area contributed by atoms with Crippen molar-refractivity contribution in [2.24, 2.45) is 0 Å². The summed E-state index contributed by atoms with van der Waals surface area (Å²) in [6.45, 7) is 6.67. The van der Waals surface area contributed by atoms with E-state index in [0.29, 0.717) is 31.1 Å². The quantitative estimate of drug-likeness (QED) is 0.642. The SMILES string of the molecule is Cc1cc(C(C)(O)CNC(=O)NCCOCc2ccccc2)c(C)o1. The molecule has 2 aromatic rings. The number of aliphatic hydroxyl groups is 1. The molecule has 0 aliphatic carbocycles. The van der Waals surface area contributed by atoms with Crippen LogP contribution in [0.2, 0.25) is 0 Å². The molecule has 2 amide bonds. The van der Waals surface area contributed by atoms with Crippen LogP contribution in [0, 0.1) is 13.8 Å². The van der Waals surface area contributed by atoms with Crippen LogP contribution in [0.25, 0.3) is 0 Å². The van der Waals surface area contributed by atoms with Crippen molar-refractivity contribution in [3.05, 3.63) is 59.0 Å². The monoisotopic (exact) mass is 346 g/mol. The minimum atomic E-state index is -1.19. The summed E-state index contributed by atoms with van der Waals surface area (Å²) in [5, 5.41) is 15.9. The Balaban J connectivity index is 1.66. The number of hydrogen-bond donors (Lipinski definition) is 3. The number of carbonyl (C=O) groups is 1. The van der Waals surface area contributed by atoms with Gasteiger partial charge in [0.15, 0.2) is 0 Å². The molecule has 6 heteroatoms. The van der Waals surface area contributed by atoms with E-state index in [2.05, 4.69) is 10.6 Å². The lowest BCUT2D eigenvalue weighted by molar-refractivity contribution is 0.0577. The van der Waals surface area contributed by atoms with Crippen LogP contribution < -0.4 is 10.6 Å². The van der Waals surface area contributed by atoms with E-state index in [1.807, 2.05) is 37.3 Å². The van der Waals surface area contributed by atoms with Gasteiger partial charge in [0.2, 0.25) is 0 Å². The van der Waals surface area contributed by atoms with Crippen molar-refractivity contribution in [1.82, 2.24) is 10.6 Å². The van der Waals surface area contributed by atoms with Crippen molar-refractivity contribution < 1.29 is 19.1 Å². The molecule has 0 aliphatic rings. The van der Waals surface area contributed by atoms with Crippen molar-refractivity contribution in [2.45, 2.75) is 33.0 Å². The van der Waals surface area contributed by atoms with Gasteiger partial charge < -0.3 is 24.9 Å². The van der Waals surface area contributed by atoms with Crippen LogP contribution in [0.5, 0.6) is 0 Å². The molecule has 0 fully saturated rings. The van der Waals surface area contributed by atoms with Crippen molar-refractivity contribution in [3.8, 4) is 0 Å². The fourth-order valence-electron chi connectivity index (χ4n) is 2.58. The Kier molecular flexibility index (Phi) is 6.61. The molecule has 0 aliphatic heterocycles. The number of urea groups is 1. The van der Waals surface area contributed by atoms with E-state index in [1.54, 1.807) is 19.9 Å². The summed E-state index contributed by atoms with van der Waals surface area (Å²) >= 11 is 0. The molecule has 0 spiro atoms. The molecule has 2 rings (SSSR count).